The van der Waals surface area contributed by atoms with E-state index in [2.05, 4.69) is 5.32 Å². The number of hydrogen-bond donors (Lipinski definition) is 1. The van der Waals surface area contributed by atoms with E-state index in [-0.39, 0.29) is 5.69 Å². The van der Waals surface area contributed by atoms with Gasteiger partial charge in [-0.3, -0.25) is 4.79 Å². The quantitative estimate of drug-likeness (QED) is 0.941. The van der Waals surface area contributed by atoms with Crippen molar-refractivity contribution in [2.24, 2.45) is 0 Å². The van der Waals surface area contributed by atoms with Gasteiger partial charge in [-0.25, -0.2) is 8.78 Å². The number of carbonyl (C=O) groups excluding carboxylic acids is 1. The molecule has 0 saturated heterocycles. The van der Waals surface area contributed by atoms with Gasteiger partial charge in [-0.05, 0) is 24.3 Å². The van der Waals surface area contributed by atoms with E-state index in [1.165, 1.54) is 26.4 Å². The number of hydrogen-bond acceptors (Lipinski definition) is 3. The van der Waals surface area contributed by atoms with Gasteiger partial charge in [0.1, 0.15) is 28.7 Å². The first-order chi connectivity index (χ1) is 10.1. The van der Waals surface area contributed by atoms with E-state index in [1.54, 1.807) is 12.1 Å². The Labute approximate surface area is 120 Å². The number of amides is 1. The second kappa shape index (κ2) is 6.21. The minimum Gasteiger partial charge on any atom is -0.497 e. The zero-order chi connectivity index (χ0) is 15.4. The number of anilines is 1. The molecule has 21 heavy (non-hydrogen) atoms. The lowest BCUT2D eigenvalue weighted by atomic mass is 10.1. The fraction of sp³-hybridized carbons (Fsp3) is 0.133. The van der Waals surface area contributed by atoms with Gasteiger partial charge in [-0.1, -0.05) is 6.07 Å². The molecule has 2 aromatic rings. The summed E-state index contributed by atoms with van der Waals surface area (Å²) in [6.45, 7) is 0. The molecule has 0 heterocycles. The van der Waals surface area contributed by atoms with E-state index >= 15 is 0 Å². The molecule has 4 nitrogen and oxygen atoms in total. The highest BCUT2D eigenvalue weighted by atomic mass is 19.1. The summed E-state index contributed by atoms with van der Waals surface area (Å²) in [5, 5.41) is 2.41. The molecule has 2 aromatic carbocycles. The van der Waals surface area contributed by atoms with Crippen molar-refractivity contribution in [1.29, 1.82) is 0 Å². The molecule has 1 amide bonds. The molecule has 0 aromatic heterocycles. The van der Waals surface area contributed by atoms with Gasteiger partial charge in [0.15, 0.2) is 0 Å². The molecule has 0 radical (unpaired) electrons. The van der Waals surface area contributed by atoms with Crippen LogP contribution in [0.25, 0.3) is 0 Å². The Kier molecular flexibility index (Phi) is 4.37. The van der Waals surface area contributed by atoms with E-state index in [9.17, 15) is 13.6 Å². The molecule has 2 rings (SSSR count). The van der Waals surface area contributed by atoms with E-state index in [0.717, 1.165) is 12.1 Å². The minimum absolute atomic E-state index is 0.254. The zero-order valence-corrected chi connectivity index (χ0v) is 11.4. The van der Waals surface area contributed by atoms with Crippen molar-refractivity contribution in [3.63, 3.8) is 0 Å². The Morgan fingerprint density at radius 2 is 1.71 bits per heavy atom. The zero-order valence-electron chi connectivity index (χ0n) is 11.4. The first-order valence-electron chi connectivity index (χ1n) is 6.04. The molecule has 0 aliphatic rings. The number of carbonyl (C=O) groups is 1. The standard InChI is InChI=1S/C15H13F2NO3/c1-20-9-6-7-13(21-2)12(8-9)18-15(19)14-10(16)4-3-5-11(14)17/h3-8H,1-2H3,(H,18,19). The van der Waals surface area contributed by atoms with Crippen molar-refractivity contribution >= 4 is 11.6 Å². The largest absolute Gasteiger partial charge is 0.497 e. The maximum Gasteiger partial charge on any atom is 0.261 e. The van der Waals surface area contributed by atoms with Gasteiger partial charge in [-0.15, -0.1) is 0 Å². The molecule has 110 valence electrons. The van der Waals surface area contributed by atoms with E-state index < -0.39 is 23.1 Å². The highest BCUT2D eigenvalue weighted by Crippen LogP contribution is 2.29. The normalized spacial score (nSPS) is 10.1. The van der Waals surface area contributed by atoms with Crippen LogP contribution in [0.1, 0.15) is 10.4 Å². The summed E-state index contributed by atoms with van der Waals surface area (Å²) in [5.41, 5.74) is -0.396. The Morgan fingerprint density at radius 3 is 2.29 bits per heavy atom. The third kappa shape index (κ3) is 3.10. The van der Waals surface area contributed by atoms with Gasteiger partial charge in [0.2, 0.25) is 0 Å². The van der Waals surface area contributed by atoms with Crippen LogP contribution in [0.4, 0.5) is 14.5 Å². The van der Waals surface area contributed by atoms with Crippen LogP contribution in [-0.2, 0) is 0 Å². The molecule has 0 unspecified atom stereocenters. The van der Waals surface area contributed by atoms with Crippen molar-refractivity contribution in [3.05, 3.63) is 53.6 Å². The Bertz CT molecular complexity index is 654. The number of halogens is 2. The third-order valence-corrected chi connectivity index (χ3v) is 2.84. The second-order valence-electron chi connectivity index (χ2n) is 4.12. The lowest BCUT2D eigenvalue weighted by Gasteiger charge is -2.12. The average Bonchev–Trinajstić information content (AvgIpc) is 2.47. The maximum absolute atomic E-state index is 13.6. The summed E-state index contributed by atoms with van der Waals surface area (Å²) >= 11 is 0. The lowest BCUT2D eigenvalue weighted by molar-refractivity contribution is 0.101. The van der Waals surface area contributed by atoms with Crippen molar-refractivity contribution < 1.29 is 23.0 Å². The first kappa shape index (κ1) is 14.8. The molecule has 0 bridgehead atoms. The van der Waals surface area contributed by atoms with Gasteiger partial charge >= 0.3 is 0 Å². The molecule has 0 aliphatic carbocycles. The van der Waals surface area contributed by atoms with Crippen LogP contribution in [0.3, 0.4) is 0 Å². The minimum atomic E-state index is -0.936. The van der Waals surface area contributed by atoms with Crippen molar-refractivity contribution in [1.82, 2.24) is 0 Å². The van der Waals surface area contributed by atoms with Crippen LogP contribution in [0.2, 0.25) is 0 Å². The van der Waals surface area contributed by atoms with Gasteiger partial charge in [-0.2, -0.15) is 0 Å². The van der Waals surface area contributed by atoms with E-state index in [1.807, 2.05) is 0 Å². The molecule has 0 spiro atoms. The smallest absolute Gasteiger partial charge is 0.261 e. The predicted molar refractivity (Wildman–Crippen MR) is 73.9 cm³/mol. The highest BCUT2D eigenvalue weighted by molar-refractivity contribution is 6.05. The molecule has 0 aliphatic heterocycles. The average molecular weight is 293 g/mol. The monoisotopic (exact) mass is 293 g/mol. The van der Waals surface area contributed by atoms with Crippen LogP contribution >= 0.6 is 0 Å². The molecule has 0 atom stereocenters. The topological polar surface area (TPSA) is 47.6 Å². The number of benzene rings is 2. The van der Waals surface area contributed by atoms with Crippen LogP contribution in [0.5, 0.6) is 11.5 Å². The summed E-state index contributed by atoms with van der Waals surface area (Å²) in [6, 6.07) is 7.93. The number of nitrogens with one attached hydrogen (secondary N) is 1. The molecule has 6 heteroatoms. The Morgan fingerprint density at radius 1 is 1.05 bits per heavy atom. The van der Waals surface area contributed by atoms with Gasteiger partial charge < -0.3 is 14.8 Å². The lowest BCUT2D eigenvalue weighted by Crippen LogP contribution is -2.16. The number of rotatable bonds is 4. The van der Waals surface area contributed by atoms with E-state index in [0.29, 0.717) is 11.5 Å². The van der Waals surface area contributed by atoms with Crippen LogP contribution in [-0.4, -0.2) is 20.1 Å². The van der Waals surface area contributed by atoms with Crippen LogP contribution < -0.4 is 14.8 Å². The molecule has 0 fully saturated rings. The van der Waals surface area contributed by atoms with Crippen molar-refractivity contribution in [2.45, 2.75) is 0 Å². The number of methoxy groups -OCH3 is 2. The second-order valence-corrected chi connectivity index (χ2v) is 4.12. The Hall–Kier alpha value is -2.63. The SMILES string of the molecule is COc1ccc(OC)c(NC(=O)c2c(F)cccc2F)c1. The summed E-state index contributed by atoms with van der Waals surface area (Å²) in [5.74, 6) is -1.96. The van der Waals surface area contributed by atoms with Gasteiger partial charge in [0, 0.05) is 6.07 Å². The third-order valence-electron chi connectivity index (χ3n) is 2.84. The van der Waals surface area contributed by atoms with Gasteiger partial charge in [0.05, 0.1) is 19.9 Å². The molecule has 1 N–H and O–H groups in total. The van der Waals surface area contributed by atoms with Crippen LogP contribution in [0, 0.1) is 11.6 Å². The highest BCUT2D eigenvalue weighted by Gasteiger charge is 2.18. The maximum atomic E-state index is 13.6. The van der Waals surface area contributed by atoms with Crippen LogP contribution in [0.15, 0.2) is 36.4 Å². The summed E-state index contributed by atoms with van der Waals surface area (Å²) < 4.78 is 37.3. The molecular weight excluding hydrogens is 280 g/mol. The summed E-state index contributed by atoms with van der Waals surface area (Å²) in [7, 11) is 2.88. The van der Waals surface area contributed by atoms with Crippen molar-refractivity contribution in [3.8, 4) is 11.5 Å². The van der Waals surface area contributed by atoms with Gasteiger partial charge in [0.25, 0.3) is 5.91 Å². The predicted octanol–water partition coefficient (Wildman–Crippen LogP) is 3.23. The fourth-order valence-corrected chi connectivity index (χ4v) is 1.81. The molecular formula is C15H13F2NO3. The number of ether oxygens (including phenoxy) is 2. The van der Waals surface area contributed by atoms with E-state index in [4.69, 9.17) is 9.47 Å². The fourth-order valence-electron chi connectivity index (χ4n) is 1.81. The molecule has 0 saturated carbocycles. The summed E-state index contributed by atoms with van der Waals surface area (Å²) in [4.78, 5) is 12.0. The summed E-state index contributed by atoms with van der Waals surface area (Å²) in [6.07, 6.45) is 0. The Balaban J connectivity index is 2.35. The van der Waals surface area contributed by atoms with Crippen molar-refractivity contribution in [2.75, 3.05) is 19.5 Å². The first-order valence-corrected chi connectivity index (χ1v) is 6.04.